The minimum atomic E-state index is -3.01. The summed E-state index contributed by atoms with van der Waals surface area (Å²) < 4.78 is 23.4. The van der Waals surface area contributed by atoms with Crippen molar-refractivity contribution in [2.75, 3.05) is 18.1 Å². The third kappa shape index (κ3) is 3.30. The Hall–Kier alpha value is -1.53. The number of hydrogen-bond acceptors (Lipinski definition) is 3. The lowest BCUT2D eigenvalue weighted by Crippen LogP contribution is -2.41. The van der Waals surface area contributed by atoms with Crippen LogP contribution < -0.4 is 0 Å². The largest absolute Gasteiger partial charge is 0.358 e. The molecule has 1 aromatic carbocycles. The van der Waals surface area contributed by atoms with Crippen molar-refractivity contribution in [3.63, 3.8) is 0 Å². The molecule has 1 unspecified atom stereocenters. The van der Waals surface area contributed by atoms with E-state index >= 15 is 0 Å². The number of nitrogens with one attached hydrogen (secondary N) is 1. The zero-order valence-electron chi connectivity index (χ0n) is 13.8. The lowest BCUT2D eigenvalue weighted by atomic mass is 10.1. The normalized spacial score (nSPS) is 19.7. The molecule has 130 valence electrons. The maximum absolute atomic E-state index is 12.8. The third-order valence-electron chi connectivity index (χ3n) is 4.72. The summed E-state index contributed by atoms with van der Waals surface area (Å²) in [6, 6.07) is 5.37. The van der Waals surface area contributed by atoms with Crippen molar-refractivity contribution in [2.45, 2.75) is 32.7 Å². The van der Waals surface area contributed by atoms with Gasteiger partial charge in [0.05, 0.1) is 17.9 Å². The van der Waals surface area contributed by atoms with Gasteiger partial charge in [0.2, 0.25) is 5.91 Å². The van der Waals surface area contributed by atoms with E-state index in [9.17, 15) is 13.2 Å². The second kappa shape index (κ2) is 6.41. The Morgan fingerprint density at radius 2 is 2.17 bits per heavy atom. The number of rotatable bonds is 4. The zero-order valence-corrected chi connectivity index (χ0v) is 15.4. The molecule has 5 nitrogen and oxygen atoms in total. The number of amides is 1. The molecule has 2 aromatic rings. The first-order valence-corrected chi connectivity index (χ1v) is 10.3. The highest BCUT2D eigenvalue weighted by Gasteiger charge is 2.34. The van der Waals surface area contributed by atoms with E-state index in [0.29, 0.717) is 18.0 Å². The topological polar surface area (TPSA) is 70.2 Å². The molecule has 0 saturated carbocycles. The van der Waals surface area contributed by atoms with Gasteiger partial charge in [-0.25, -0.2) is 8.42 Å². The summed E-state index contributed by atoms with van der Waals surface area (Å²) in [5, 5.41) is 1.58. The van der Waals surface area contributed by atoms with Gasteiger partial charge in [0.1, 0.15) is 0 Å². The number of fused-ring (bicyclic) bond motifs is 1. The average molecular weight is 369 g/mol. The van der Waals surface area contributed by atoms with Gasteiger partial charge in [0, 0.05) is 34.2 Å². The first-order chi connectivity index (χ1) is 11.3. The van der Waals surface area contributed by atoms with Crippen molar-refractivity contribution in [3.05, 3.63) is 34.5 Å². The Labute approximate surface area is 146 Å². The van der Waals surface area contributed by atoms with Gasteiger partial charge in [-0.3, -0.25) is 4.79 Å². The molecule has 7 heteroatoms. The Morgan fingerprint density at radius 1 is 1.42 bits per heavy atom. The lowest BCUT2D eigenvalue weighted by molar-refractivity contribution is -0.132. The van der Waals surface area contributed by atoms with E-state index < -0.39 is 9.84 Å². The molecule has 0 bridgehead atoms. The van der Waals surface area contributed by atoms with E-state index in [0.717, 1.165) is 22.2 Å². The average Bonchev–Trinajstić information content (AvgIpc) is 3.01. The van der Waals surface area contributed by atoms with E-state index in [2.05, 4.69) is 4.98 Å². The molecule has 1 aliphatic rings. The summed E-state index contributed by atoms with van der Waals surface area (Å²) in [5.41, 5.74) is 2.82. The third-order valence-corrected chi connectivity index (χ3v) is 6.71. The monoisotopic (exact) mass is 368 g/mol. The van der Waals surface area contributed by atoms with E-state index in [4.69, 9.17) is 11.6 Å². The summed E-state index contributed by atoms with van der Waals surface area (Å²) in [6.45, 7) is 4.34. The van der Waals surface area contributed by atoms with Crippen LogP contribution in [0.15, 0.2) is 18.2 Å². The summed E-state index contributed by atoms with van der Waals surface area (Å²) >= 11 is 6.09. The molecular weight excluding hydrogens is 348 g/mol. The van der Waals surface area contributed by atoms with Crippen molar-refractivity contribution >= 4 is 38.2 Å². The molecule has 1 N–H and O–H groups in total. The number of sulfone groups is 1. The Bertz CT molecular complexity index is 889. The van der Waals surface area contributed by atoms with Crippen molar-refractivity contribution in [3.8, 4) is 0 Å². The summed E-state index contributed by atoms with van der Waals surface area (Å²) in [6.07, 6.45) is 0.775. The minimum Gasteiger partial charge on any atom is -0.358 e. The maximum Gasteiger partial charge on any atom is 0.227 e. The molecule has 1 atom stereocenters. The summed E-state index contributed by atoms with van der Waals surface area (Å²) in [5.74, 6) is 0.206. The van der Waals surface area contributed by atoms with Crippen LogP contribution in [-0.4, -0.2) is 48.3 Å². The number of nitrogens with zero attached hydrogens (tertiary/aromatic N) is 1. The van der Waals surface area contributed by atoms with E-state index in [1.807, 2.05) is 32.0 Å². The number of halogens is 1. The SMILES string of the molecule is CCN(C(=O)Cc1c(C)[nH]c2ccc(Cl)cc12)C1CCS(=O)(=O)C1. The highest BCUT2D eigenvalue weighted by Crippen LogP contribution is 2.27. The molecule has 3 rings (SSSR count). The number of hydrogen-bond donors (Lipinski definition) is 1. The second-order valence-corrected chi connectivity index (χ2v) is 9.00. The van der Waals surface area contributed by atoms with E-state index in [-0.39, 0.29) is 29.9 Å². The van der Waals surface area contributed by atoms with Crippen LogP contribution in [0.1, 0.15) is 24.6 Å². The molecular formula is C17H21ClN2O3S. The number of benzene rings is 1. The molecule has 1 aliphatic heterocycles. The van der Waals surface area contributed by atoms with Crippen molar-refractivity contribution in [2.24, 2.45) is 0 Å². The first kappa shape index (κ1) is 17.3. The van der Waals surface area contributed by atoms with Crippen LogP contribution in [-0.2, 0) is 21.1 Å². The van der Waals surface area contributed by atoms with Gasteiger partial charge in [0.15, 0.2) is 9.84 Å². The number of carbonyl (C=O) groups excluding carboxylic acids is 1. The smallest absolute Gasteiger partial charge is 0.227 e. The molecule has 1 fully saturated rings. The molecule has 24 heavy (non-hydrogen) atoms. The van der Waals surface area contributed by atoms with Crippen LogP contribution in [0.3, 0.4) is 0 Å². The fourth-order valence-electron chi connectivity index (χ4n) is 3.49. The van der Waals surface area contributed by atoms with Gasteiger partial charge in [-0.15, -0.1) is 0 Å². The highest BCUT2D eigenvalue weighted by atomic mass is 35.5. The van der Waals surface area contributed by atoms with E-state index in [1.165, 1.54) is 0 Å². The van der Waals surface area contributed by atoms with Gasteiger partial charge in [0.25, 0.3) is 0 Å². The van der Waals surface area contributed by atoms with Crippen LogP contribution in [0.2, 0.25) is 5.02 Å². The fourth-order valence-corrected chi connectivity index (χ4v) is 5.40. The standard InChI is InChI=1S/C17H21ClN2O3S/c1-3-20(13-6-7-24(22,23)10-13)17(21)9-14-11(2)19-16-5-4-12(18)8-15(14)16/h4-5,8,13,19H,3,6-7,9-10H2,1-2H3. The number of aromatic amines is 1. The molecule has 0 spiro atoms. The number of H-pyrrole nitrogens is 1. The summed E-state index contributed by atoms with van der Waals surface area (Å²) in [7, 11) is -3.01. The lowest BCUT2D eigenvalue weighted by Gasteiger charge is -2.27. The predicted molar refractivity (Wildman–Crippen MR) is 96.2 cm³/mol. The maximum atomic E-state index is 12.8. The van der Waals surface area contributed by atoms with Gasteiger partial charge in [-0.05, 0) is 44.0 Å². The number of likely N-dealkylation sites (N-methyl/N-ethyl adjacent to an activating group) is 1. The van der Waals surface area contributed by atoms with E-state index in [1.54, 1.807) is 4.90 Å². The first-order valence-electron chi connectivity index (χ1n) is 8.07. The molecule has 1 saturated heterocycles. The van der Waals surface area contributed by atoms with Crippen LogP contribution in [0.4, 0.5) is 0 Å². The predicted octanol–water partition coefficient (Wildman–Crippen LogP) is 2.71. The Balaban J connectivity index is 1.86. The second-order valence-electron chi connectivity index (χ2n) is 6.33. The summed E-state index contributed by atoms with van der Waals surface area (Å²) in [4.78, 5) is 17.8. The van der Waals surface area contributed by atoms with Crippen LogP contribution in [0.25, 0.3) is 10.9 Å². The Morgan fingerprint density at radius 3 is 2.79 bits per heavy atom. The molecule has 0 radical (unpaired) electrons. The highest BCUT2D eigenvalue weighted by molar-refractivity contribution is 7.91. The van der Waals surface area contributed by atoms with Crippen LogP contribution in [0, 0.1) is 6.92 Å². The van der Waals surface area contributed by atoms with Crippen molar-refractivity contribution in [1.82, 2.24) is 9.88 Å². The Kier molecular flexibility index (Phi) is 4.62. The quantitative estimate of drug-likeness (QED) is 0.901. The minimum absolute atomic E-state index is 0.0384. The fraction of sp³-hybridized carbons (Fsp3) is 0.471. The molecule has 1 aromatic heterocycles. The van der Waals surface area contributed by atoms with Crippen molar-refractivity contribution in [1.29, 1.82) is 0 Å². The van der Waals surface area contributed by atoms with Crippen molar-refractivity contribution < 1.29 is 13.2 Å². The van der Waals surface area contributed by atoms with Gasteiger partial charge >= 0.3 is 0 Å². The molecule has 1 amide bonds. The van der Waals surface area contributed by atoms with Crippen LogP contribution in [0.5, 0.6) is 0 Å². The number of aromatic nitrogens is 1. The molecule has 2 heterocycles. The molecule has 0 aliphatic carbocycles. The zero-order chi connectivity index (χ0) is 17.5. The van der Waals surface area contributed by atoms with Gasteiger partial charge in [-0.1, -0.05) is 11.6 Å². The number of aryl methyl sites for hydroxylation is 1. The van der Waals surface area contributed by atoms with Crippen LogP contribution >= 0.6 is 11.6 Å². The van der Waals surface area contributed by atoms with Gasteiger partial charge < -0.3 is 9.88 Å². The number of carbonyl (C=O) groups is 1. The van der Waals surface area contributed by atoms with Gasteiger partial charge in [-0.2, -0.15) is 0 Å².